The highest BCUT2D eigenvalue weighted by Gasteiger charge is 2.26. The van der Waals surface area contributed by atoms with Crippen LogP contribution >= 0.6 is 12.2 Å². The topological polar surface area (TPSA) is 90.3 Å². The first-order valence-electron chi connectivity index (χ1n) is 5.89. The number of rotatable bonds is 3. The molecule has 0 aliphatic carbocycles. The van der Waals surface area contributed by atoms with Gasteiger partial charge in [0.1, 0.15) is 12.6 Å². The van der Waals surface area contributed by atoms with Crippen molar-refractivity contribution in [2.75, 3.05) is 6.54 Å². The molecule has 1 amide bonds. The molecular weight excluding hydrogens is 310 g/mol. The number of carbonyl (C=O) groups is 1. The Bertz CT molecular complexity index is 774. The molecule has 0 bridgehead atoms. The molecule has 21 heavy (non-hydrogen) atoms. The lowest BCUT2D eigenvalue weighted by Crippen LogP contribution is -2.24. The van der Waals surface area contributed by atoms with E-state index in [-0.39, 0.29) is 22.5 Å². The van der Waals surface area contributed by atoms with E-state index in [1.165, 1.54) is 17.0 Å². The number of aryl methyl sites for hydroxylation is 1. The Balaban J connectivity index is 2.41. The SMILES string of the molecule is Cc1ccc(S(=O)(=O)C(C#N)=CN2CC(=O)NC2=S)cc1. The number of amides is 1. The average molecular weight is 321 g/mol. The van der Waals surface area contributed by atoms with Crippen LogP contribution in [0.25, 0.3) is 0 Å². The van der Waals surface area contributed by atoms with Crippen molar-refractivity contribution in [1.29, 1.82) is 5.26 Å². The van der Waals surface area contributed by atoms with Gasteiger partial charge >= 0.3 is 0 Å². The number of hydrogen-bond acceptors (Lipinski definition) is 5. The normalized spacial score (nSPS) is 15.8. The number of nitrogens with zero attached hydrogens (tertiary/aromatic N) is 2. The molecule has 0 unspecified atom stereocenters. The standard InChI is InChI=1S/C13H11N3O3S2/c1-9-2-4-10(5-3-9)21(18,19)11(6-14)7-16-8-12(17)15-13(16)20/h2-5,7H,8H2,1H3,(H,15,17,20). The second-order valence-electron chi connectivity index (χ2n) is 4.40. The summed E-state index contributed by atoms with van der Waals surface area (Å²) in [7, 11) is -3.94. The van der Waals surface area contributed by atoms with Gasteiger partial charge in [0, 0.05) is 6.20 Å². The molecule has 8 heteroatoms. The van der Waals surface area contributed by atoms with Gasteiger partial charge in [-0.3, -0.25) is 4.79 Å². The van der Waals surface area contributed by atoms with Crippen molar-refractivity contribution in [3.63, 3.8) is 0 Å². The molecule has 1 N–H and O–H groups in total. The zero-order valence-corrected chi connectivity index (χ0v) is 12.7. The lowest BCUT2D eigenvalue weighted by atomic mass is 10.2. The van der Waals surface area contributed by atoms with Crippen LogP contribution in [0.15, 0.2) is 40.3 Å². The highest BCUT2D eigenvalue weighted by atomic mass is 32.2. The molecule has 1 aliphatic heterocycles. The maximum atomic E-state index is 12.4. The maximum Gasteiger partial charge on any atom is 0.246 e. The smallest absolute Gasteiger partial charge is 0.246 e. The van der Waals surface area contributed by atoms with Crippen molar-refractivity contribution in [3.05, 3.63) is 40.9 Å². The molecule has 0 saturated carbocycles. The number of nitrogens with one attached hydrogen (secondary N) is 1. The number of thiocarbonyl (C=S) groups is 1. The molecule has 0 radical (unpaired) electrons. The van der Waals surface area contributed by atoms with Gasteiger partial charge in [0.25, 0.3) is 0 Å². The molecule has 1 aliphatic rings. The molecule has 1 aromatic rings. The molecule has 0 spiro atoms. The fraction of sp³-hybridized carbons (Fsp3) is 0.154. The fourth-order valence-corrected chi connectivity index (χ4v) is 3.07. The minimum absolute atomic E-state index is 0.0188. The van der Waals surface area contributed by atoms with Crippen LogP contribution in [0.2, 0.25) is 0 Å². The van der Waals surface area contributed by atoms with Crippen LogP contribution in [0.4, 0.5) is 0 Å². The van der Waals surface area contributed by atoms with Gasteiger partial charge in [-0.25, -0.2) is 8.42 Å². The molecule has 0 atom stereocenters. The van der Waals surface area contributed by atoms with Crippen molar-refractivity contribution >= 4 is 33.1 Å². The van der Waals surface area contributed by atoms with Gasteiger partial charge in [0.2, 0.25) is 15.7 Å². The van der Waals surface area contributed by atoms with E-state index >= 15 is 0 Å². The summed E-state index contributed by atoms with van der Waals surface area (Å²) in [5.41, 5.74) is 0.909. The number of carbonyl (C=O) groups excluding carboxylic acids is 1. The lowest BCUT2D eigenvalue weighted by Gasteiger charge is -2.10. The van der Waals surface area contributed by atoms with Gasteiger partial charge < -0.3 is 10.2 Å². The number of nitriles is 1. The fourth-order valence-electron chi connectivity index (χ4n) is 1.71. The Hall–Kier alpha value is -2.24. The van der Waals surface area contributed by atoms with E-state index in [2.05, 4.69) is 5.32 Å². The van der Waals surface area contributed by atoms with Gasteiger partial charge in [-0.05, 0) is 31.3 Å². The summed E-state index contributed by atoms with van der Waals surface area (Å²) < 4.78 is 24.8. The first-order chi connectivity index (χ1) is 9.84. The predicted molar refractivity (Wildman–Crippen MR) is 79.5 cm³/mol. The number of sulfone groups is 1. The molecule has 1 fully saturated rings. The van der Waals surface area contributed by atoms with Crippen LogP contribution in [-0.4, -0.2) is 30.9 Å². The Morgan fingerprint density at radius 3 is 2.52 bits per heavy atom. The van der Waals surface area contributed by atoms with E-state index in [1.54, 1.807) is 18.2 Å². The minimum atomic E-state index is -3.94. The van der Waals surface area contributed by atoms with Gasteiger partial charge in [0.05, 0.1) is 4.90 Å². The third kappa shape index (κ3) is 3.09. The summed E-state index contributed by atoms with van der Waals surface area (Å²) in [5, 5.41) is 11.6. The monoisotopic (exact) mass is 321 g/mol. The van der Waals surface area contributed by atoms with Crippen LogP contribution < -0.4 is 5.32 Å². The molecule has 2 rings (SSSR count). The van der Waals surface area contributed by atoms with E-state index < -0.39 is 14.7 Å². The zero-order chi connectivity index (χ0) is 15.6. The van der Waals surface area contributed by atoms with Gasteiger partial charge in [-0.15, -0.1) is 0 Å². The second-order valence-corrected chi connectivity index (χ2v) is 6.71. The van der Waals surface area contributed by atoms with E-state index in [9.17, 15) is 13.2 Å². The molecule has 1 aromatic carbocycles. The van der Waals surface area contributed by atoms with Crippen molar-refractivity contribution < 1.29 is 13.2 Å². The van der Waals surface area contributed by atoms with E-state index in [1.807, 2.05) is 6.92 Å². The summed E-state index contributed by atoms with van der Waals surface area (Å²) in [4.78, 5) is 12.0. The maximum absolute atomic E-state index is 12.4. The van der Waals surface area contributed by atoms with Crippen LogP contribution in [0.1, 0.15) is 5.56 Å². The van der Waals surface area contributed by atoms with Crippen LogP contribution in [-0.2, 0) is 14.6 Å². The lowest BCUT2D eigenvalue weighted by molar-refractivity contribution is -0.118. The second kappa shape index (κ2) is 5.63. The largest absolute Gasteiger partial charge is 0.314 e. The number of allylic oxidation sites excluding steroid dienone is 1. The number of benzene rings is 1. The summed E-state index contributed by atoms with van der Waals surface area (Å²) >= 11 is 4.89. The van der Waals surface area contributed by atoms with Crippen LogP contribution in [0.3, 0.4) is 0 Å². The van der Waals surface area contributed by atoms with Gasteiger partial charge in [0.15, 0.2) is 10.0 Å². The Labute approximate surface area is 127 Å². The average Bonchev–Trinajstić information content (AvgIpc) is 2.74. The van der Waals surface area contributed by atoms with Crippen LogP contribution in [0, 0.1) is 18.3 Å². The van der Waals surface area contributed by atoms with Crippen molar-refractivity contribution in [2.45, 2.75) is 11.8 Å². The molecule has 1 heterocycles. The Morgan fingerprint density at radius 2 is 2.05 bits per heavy atom. The van der Waals surface area contributed by atoms with Crippen LogP contribution in [0.5, 0.6) is 0 Å². The van der Waals surface area contributed by atoms with Gasteiger partial charge in [-0.2, -0.15) is 5.26 Å². The quantitative estimate of drug-likeness (QED) is 0.656. The highest BCUT2D eigenvalue weighted by Crippen LogP contribution is 2.20. The van der Waals surface area contributed by atoms with Crippen molar-refractivity contribution in [1.82, 2.24) is 10.2 Å². The summed E-state index contributed by atoms with van der Waals surface area (Å²) in [6.45, 7) is 1.73. The summed E-state index contributed by atoms with van der Waals surface area (Å²) in [5.74, 6) is -0.346. The van der Waals surface area contributed by atoms with E-state index in [0.29, 0.717) is 0 Å². The van der Waals surface area contributed by atoms with E-state index in [0.717, 1.165) is 11.8 Å². The Morgan fingerprint density at radius 1 is 1.43 bits per heavy atom. The molecule has 108 valence electrons. The molecular formula is C13H11N3O3S2. The zero-order valence-electron chi connectivity index (χ0n) is 11.0. The summed E-state index contributed by atoms with van der Waals surface area (Å²) in [6, 6.07) is 7.81. The highest BCUT2D eigenvalue weighted by molar-refractivity contribution is 7.95. The third-order valence-electron chi connectivity index (χ3n) is 2.83. The Kier molecular flexibility index (Phi) is 4.06. The van der Waals surface area contributed by atoms with Crippen molar-refractivity contribution in [3.8, 4) is 6.07 Å². The van der Waals surface area contributed by atoms with E-state index in [4.69, 9.17) is 17.5 Å². The number of hydrogen-bond donors (Lipinski definition) is 1. The van der Waals surface area contributed by atoms with Gasteiger partial charge in [-0.1, -0.05) is 17.7 Å². The first kappa shape index (κ1) is 15.2. The third-order valence-corrected chi connectivity index (χ3v) is 4.83. The predicted octanol–water partition coefficient (Wildman–Crippen LogP) is 0.850. The minimum Gasteiger partial charge on any atom is -0.314 e. The molecule has 6 nitrogen and oxygen atoms in total. The molecule has 0 aromatic heterocycles. The summed E-state index contributed by atoms with van der Waals surface area (Å²) in [6.07, 6.45) is 1.08. The van der Waals surface area contributed by atoms with Crippen molar-refractivity contribution in [2.24, 2.45) is 0 Å². The molecule has 1 saturated heterocycles. The first-order valence-corrected chi connectivity index (χ1v) is 7.78.